The van der Waals surface area contributed by atoms with Crippen LogP contribution in [-0.2, 0) is 20.7 Å². The van der Waals surface area contributed by atoms with E-state index in [-0.39, 0.29) is 30.6 Å². The number of aryl methyl sites for hydroxylation is 1. The van der Waals surface area contributed by atoms with Crippen molar-refractivity contribution < 1.29 is 33.3 Å². The van der Waals surface area contributed by atoms with E-state index in [0.717, 1.165) is 49.0 Å². The number of methoxy groups -OCH3 is 2. The molecular formula is C26H33NO7S. The van der Waals surface area contributed by atoms with E-state index in [1.54, 1.807) is 34.1 Å². The van der Waals surface area contributed by atoms with Gasteiger partial charge < -0.3 is 24.3 Å². The van der Waals surface area contributed by atoms with E-state index in [2.05, 4.69) is 5.32 Å². The van der Waals surface area contributed by atoms with E-state index >= 15 is 0 Å². The van der Waals surface area contributed by atoms with Crippen LogP contribution < -0.4 is 14.8 Å². The predicted octanol–water partition coefficient (Wildman–Crippen LogP) is 5.31. The number of benzene rings is 1. The Kier molecular flexibility index (Phi) is 9.54. The Balaban J connectivity index is 1.74. The van der Waals surface area contributed by atoms with Crippen LogP contribution in [-0.4, -0.2) is 44.8 Å². The molecule has 9 heteroatoms. The van der Waals surface area contributed by atoms with E-state index in [0.29, 0.717) is 33.4 Å². The van der Waals surface area contributed by atoms with Crippen molar-refractivity contribution >= 4 is 34.2 Å². The van der Waals surface area contributed by atoms with Crippen LogP contribution in [0.25, 0.3) is 0 Å². The van der Waals surface area contributed by atoms with Crippen LogP contribution in [0.3, 0.4) is 0 Å². The van der Waals surface area contributed by atoms with Gasteiger partial charge in [0.05, 0.1) is 26.4 Å². The Labute approximate surface area is 209 Å². The van der Waals surface area contributed by atoms with E-state index in [1.807, 2.05) is 12.1 Å². The lowest BCUT2D eigenvalue weighted by Gasteiger charge is -2.21. The molecule has 1 heterocycles. The van der Waals surface area contributed by atoms with Crippen LogP contribution >= 0.6 is 11.3 Å². The summed E-state index contributed by atoms with van der Waals surface area (Å²) in [5, 5.41) is 3.11. The van der Waals surface area contributed by atoms with Crippen molar-refractivity contribution in [1.29, 1.82) is 0 Å². The lowest BCUT2D eigenvalue weighted by Crippen LogP contribution is -2.21. The van der Waals surface area contributed by atoms with Gasteiger partial charge in [0.15, 0.2) is 11.5 Å². The van der Waals surface area contributed by atoms with Crippen molar-refractivity contribution in [3.05, 3.63) is 39.8 Å². The molecule has 35 heavy (non-hydrogen) atoms. The van der Waals surface area contributed by atoms with Gasteiger partial charge in [-0.25, -0.2) is 9.59 Å². The van der Waals surface area contributed by atoms with Gasteiger partial charge in [-0.15, -0.1) is 11.3 Å². The maximum Gasteiger partial charge on any atom is 0.348 e. The second-order valence-electron chi connectivity index (χ2n) is 8.38. The van der Waals surface area contributed by atoms with Crippen LogP contribution in [0.1, 0.15) is 76.6 Å². The van der Waals surface area contributed by atoms with Crippen LogP contribution in [0.2, 0.25) is 0 Å². The van der Waals surface area contributed by atoms with Crippen LogP contribution in [0.15, 0.2) is 18.2 Å². The van der Waals surface area contributed by atoms with Gasteiger partial charge in [-0.05, 0) is 69.2 Å². The lowest BCUT2D eigenvalue weighted by molar-refractivity contribution is -0.116. The molecule has 0 unspecified atom stereocenters. The summed E-state index contributed by atoms with van der Waals surface area (Å²) >= 11 is 1.05. The highest BCUT2D eigenvalue weighted by molar-refractivity contribution is 7.18. The van der Waals surface area contributed by atoms with E-state index in [4.69, 9.17) is 18.9 Å². The number of esters is 2. The second kappa shape index (κ2) is 12.6. The van der Waals surface area contributed by atoms with Crippen molar-refractivity contribution in [2.45, 2.75) is 64.9 Å². The minimum Gasteiger partial charge on any atom is -0.493 e. The number of nitrogens with one attached hydrogen (secondary N) is 1. The Morgan fingerprint density at radius 2 is 1.74 bits per heavy atom. The fourth-order valence-electron chi connectivity index (χ4n) is 4.12. The van der Waals surface area contributed by atoms with Gasteiger partial charge in [-0.2, -0.15) is 0 Å². The molecule has 1 aromatic heterocycles. The molecule has 1 saturated carbocycles. The standard InChI is InChI=1S/C26H33NO7S/c1-5-33-25(29)22-16(2)23(26(30)34-18-9-7-6-8-10-18)35-24(22)27-21(28)14-12-17-11-13-19(31-3)20(15-17)32-4/h11,13,15,18H,5-10,12,14H2,1-4H3,(H,27,28). The fourth-order valence-corrected chi connectivity index (χ4v) is 5.21. The summed E-state index contributed by atoms with van der Waals surface area (Å²) in [5.74, 6) is -0.116. The highest BCUT2D eigenvalue weighted by atomic mass is 32.1. The number of ether oxygens (including phenoxy) is 4. The molecule has 3 rings (SSSR count). The van der Waals surface area contributed by atoms with E-state index < -0.39 is 11.9 Å². The molecule has 0 bridgehead atoms. The number of thiophene rings is 1. The predicted molar refractivity (Wildman–Crippen MR) is 134 cm³/mol. The smallest absolute Gasteiger partial charge is 0.348 e. The molecule has 1 N–H and O–H groups in total. The third-order valence-electron chi connectivity index (χ3n) is 5.98. The highest BCUT2D eigenvalue weighted by Gasteiger charge is 2.29. The quantitative estimate of drug-likeness (QED) is 0.439. The van der Waals surface area contributed by atoms with E-state index in [1.165, 1.54) is 0 Å². The number of anilines is 1. The molecule has 0 spiro atoms. The molecule has 0 atom stereocenters. The van der Waals surface area contributed by atoms with E-state index in [9.17, 15) is 14.4 Å². The molecule has 0 saturated heterocycles. The fraction of sp³-hybridized carbons (Fsp3) is 0.500. The molecule has 0 aliphatic heterocycles. The average molecular weight is 504 g/mol. The summed E-state index contributed by atoms with van der Waals surface area (Å²) in [6, 6.07) is 5.48. The summed E-state index contributed by atoms with van der Waals surface area (Å²) in [6.07, 6.45) is 5.45. The second-order valence-corrected chi connectivity index (χ2v) is 9.40. The number of rotatable bonds is 10. The molecule has 2 aromatic rings. The van der Waals surface area contributed by atoms with Crippen molar-refractivity contribution in [2.75, 3.05) is 26.1 Å². The van der Waals surface area contributed by atoms with Crippen LogP contribution in [0.4, 0.5) is 5.00 Å². The highest BCUT2D eigenvalue weighted by Crippen LogP contribution is 2.35. The van der Waals surface area contributed by atoms with Gasteiger partial charge in [-0.3, -0.25) is 4.79 Å². The molecule has 1 aliphatic rings. The summed E-state index contributed by atoms with van der Waals surface area (Å²) in [6.45, 7) is 3.57. The molecule has 8 nitrogen and oxygen atoms in total. The molecule has 0 radical (unpaired) electrons. The van der Waals surface area contributed by atoms with Crippen molar-refractivity contribution in [2.24, 2.45) is 0 Å². The molecule has 1 aliphatic carbocycles. The number of carbonyl (C=O) groups excluding carboxylic acids is 3. The first-order valence-electron chi connectivity index (χ1n) is 11.9. The Bertz CT molecular complexity index is 1060. The largest absolute Gasteiger partial charge is 0.493 e. The summed E-state index contributed by atoms with van der Waals surface area (Å²) < 4.78 is 21.5. The van der Waals surface area contributed by atoms with Gasteiger partial charge in [0.1, 0.15) is 16.0 Å². The Hall–Kier alpha value is -3.07. The zero-order chi connectivity index (χ0) is 25.4. The van der Waals surface area contributed by atoms with Crippen molar-refractivity contribution in [3.63, 3.8) is 0 Å². The first-order chi connectivity index (χ1) is 16.9. The third-order valence-corrected chi connectivity index (χ3v) is 7.17. The molecular weight excluding hydrogens is 470 g/mol. The van der Waals surface area contributed by atoms with Gasteiger partial charge in [0.25, 0.3) is 0 Å². The zero-order valence-electron chi connectivity index (χ0n) is 20.7. The van der Waals surface area contributed by atoms with Crippen molar-refractivity contribution in [3.8, 4) is 11.5 Å². The number of amides is 1. The average Bonchev–Trinajstić information content (AvgIpc) is 3.18. The summed E-state index contributed by atoms with van der Waals surface area (Å²) in [5.41, 5.74) is 1.57. The molecule has 1 fully saturated rings. The normalized spacial score (nSPS) is 13.7. The first kappa shape index (κ1) is 26.5. The van der Waals surface area contributed by atoms with Crippen molar-refractivity contribution in [1.82, 2.24) is 0 Å². The maximum absolute atomic E-state index is 12.9. The number of hydrogen-bond acceptors (Lipinski definition) is 8. The van der Waals surface area contributed by atoms with Gasteiger partial charge >= 0.3 is 11.9 Å². The Morgan fingerprint density at radius 1 is 1.03 bits per heavy atom. The first-order valence-corrected chi connectivity index (χ1v) is 12.7. The van der Waals surface area contributed by atoms with Crippen LogP contribution in [0, 0.1) is 6.92 Å². The zero-order valence-corrected chi connectivity index (χ0v) is 21.5. The topological polar surface area (TPSA) is 100 Å². The summed E-state index contributed by atoms with van der Waals surface area (Å²) in [4.78, 5) is 38.6. The maximum atomic E-state index is 12.9. The SMILES string of the molecule is CCOC(=O)c1c(NC(=O)CCc2ccc(OC)c(OC)c2)sc(C(=O)OC2CCCCC2)c1C. The number of hydrogen-bond donors (Lipinski definition) is 1. The van der Waals surface area contributed by atoms with Crippen LogP contribution in [0.5, 0.6) is 11.5 Å². The lowest BCUT2D eigenvalue weighted by atomic mass is 9.98. The van der Waals surface area contributed by atoms with Gasteiger partial charge in [0, 0.05) is 6.42 Å². The molecule has 1 aromatic carbocycles. The Morgan fingerprint density at radius 3 is 2.40 bits per heavy atom. The number of carbonyl (C=O) groups is 3. The molecule has 1 amide bonds. The monoisotopic (exact) mass is 503 g/mol. The van der Waals surface area contributed by atoms with Gasteiger partial charge in [-0.1, -0.05) is 12.5 Å². The minimum atomic E-state index is -0.576. The summed E-state index contributed by atoms with van der Waals surface area (Å²) in [7, 11) is 3.12. The van der Waals surface area contributed by atoms with Gasteiger partial charge in [0.2, 0.25) is 5.91 Å². The minimum absolute atomic E-state index is 0.108. The third kappa shape index (κ3) is 6.75. The molecule has 190 valence electrons.